The Morgan fingerprint density at radius 1 is 1.33 bits per heavy atom. The van der Waals surface area contributed by atoms with Crippen LogP contribution in [0.2, 0.25) is 0 Å². The highest BCUT2D eigenvalue weighted by atomic mass is 16.4. The summed E-state index contributed by atoms with van der Waals surface area (Å²) in [5.41, 5.74) is 0.217. The topological polar surface area (TPSA) is 54.2 Å². The summed E-state index contributed by atoms with van der Waals surface area (Å²) in [6.45, 7) is 10.9. The summed E-state index contributed by atoms with van der Waals surface area (Å²) < 4.78 is 5.63. The van der Waals surface area contributed by atoms with Gasteiger partial charge in [-0.1, -0.05) is 6.92 Å². The molecule has 1 aromatic rings. The first-order valence-corrected chi connectivity index (χ1v) is 6.88. The molecular weight excluding hydrogens is 228 g/mol. The molecule has 5 nitrogen and oxygen atoms in total. The molecule has 2 aliphatic rings. The monoisotopic (exact) mass is 250 g/mol. The van der Waals surface area contributed by atoms with Crippen molar-refractivity contribution in [2.75, 3.05) is 19.6 Å². The van der Waals surface area contributed by atoms with Gasteiger partial charge in [0, 0.05) is 25.0 Å². The van der Waals surface area contributed by atoms with Crippen LogP contribution in [0.1, 0.15) is 32.6 Å². The number of aryl methyl sites for hydroxylation is 1. The van der Waals surface area contributed by atoms with Crippen LogP contribution in [-0.4, -0.2) is 40.3 Å². The number of nitrogens with one attached hydrogen (secondary N) is 1. The fraction of sp³-hybridized carbons (Fsp3) is 0.846. The summed E-state index contributed by atoms with van der Waals surface area (Å²) in [6.07, 6.45) is 0.811. The summed E-state index contributed by atoms with van der Waals surface area (Å²) in [5.74, 6) is 3.01. The van der Waals surface area contributed by atoms with E-state index in [0.29, 0.717) is 0 Å². The van der Waals surface area contributed by atoms with Gasteiger partial charge in [0.15, 0.2) is 0 Å². The largest absolute Gasteiger partial charge is 0.424 e. The molecule has 2 unspecified atom stereocenters. The minimum atomic E-state index is 0.217. The van der Waals surface area contributed by atoms with Gasteiger partial charge < -0.3 is 9.73 Å². The van der Waals surface area contributed by atoms with Crippen molar-refractivity contribution in [3.05, 3.63) is 11.8 Å². The number of likely N-dealkylation sites (tertiary alicyclic amines) is 1. The van der Waals surface area contributed by atoms with Gasteiger partial charge in [-0.15, -0.1) is 10.2 Å². The van der Waals surface area contributed by atoms with E-state index in [9.17, 15) is 0 Å². The van der Waals surface area contributed by atoms with E-state index < -0.39 is 0 Å². The quantitative estimate of drug-likeness (QED) is 0.869. The predicted octanol–water partition coefficient (Wildman–Crippen LogP) is 1.06. The fourth-order valence-electron chi connectivity index (χ4n) is 3.43. The van der Waals surface area contributed by atoms with Gasteiger partial charge >= 0.3 is 0 Å². The zero-order valence-electron chi connectivity index (χ0n) is 11.4. The van der Waals surface area contributed by atoms with E-state index in [0.717, 1.165) is 56.2 Å². The SMILES string of the molecule is CCc1nnc(CN2CC3CNCC3C2(C)C)o1. The van der Waals surface area contributed by atoms with Crippen LogP contribution in [0, 0.1) is 11.8 Å². The molecule has 0 amide bonds. The molecule has 0 saturated carbocycles. The third-order valence-corrected chi connectivity index (χ3v) is 4.65. The fourth-order valence-corrected chi connectivity index (χ4v) is 3.43. The Labute approximate surface area is 108 Å². The normalized spacial score (nSPS) is 30.8. The third-order valence-electron chi connectivity index (χ3n) is 4.65. The molecular formula is C13H22N4O. The lowest BCUT2D eigenvalue weighted by Gasteiger charge is -2.34. The van der Waals surface area contributed by atoms with E-state index in [2.05, 4.69) is 34.3 Å². The van der Waals surface area contributed by atoms with Crippen LogP contribution in [0.5, 0.6) is 0 Å². The van der Waals surface area contributed by atoms with Gasteiger partial charge in [-0.2, -0.15) is 0 Å². The van der Waals surface area contributed by atoms with Crippen LogP contribution in [0.15, 0.2) is 4.42 Å². The molecule has 1 N–H and O–H groups in total. The molecule has 1 aromatic heterocycles. The Kier molecular flexibility index (Phi) is 2.90. The molecule has 0 aliphatic carbocycles. The average molecular weight is 250 g/mol. The molecule has 2 saturated heterocycles. The van der Waals surface area contributed by atoms with Crippen molar-refractivity contribution in [1.82, 2.24) is 20.4 Å². The van der Waals surface area contributed by atoms with Gasteiger partial charge in [-0.3, -0.25) is 4.90 Å². The first kappa shape index (κ1) is 12.1. The molecule has 3 rings (SSSR count). The number of aromatic nitrogens is 2. The Hall–Kier alpha value is -0.940. The van der Waals surface area contributed by atoms with Crippen LogP contribution in [0.25, 0.3) is 0 Å². The maximum atomic E-state index is 5.63. The van der Waals surface area contributed by atoms with Crippen LogP contribution in [0.3, 0.4) is 0 Å². The highest BCUT2D eigenvalue weighted by Gasteiger charge is 2.49. The van der Waals surface area contributed by atoms with E-state index in [1.807, 2.05) is 6.92 Å². The molecule has 2 atom stereocenters. The van der Waals surface area contributed by atoms with Gasteiger partial charge in [0.25, 0.3) is 0 Å². The Balaban J connectivity index is 1.73. The summed E-state index contributed by atoms with van der Waals surface area (Å²) in [7, 11) is 0. The van der Waals surface area contributed by atoms with Gasteiger partial charge in [-0.05, 0) is 32.2 Å². The van der Waals surface area contributed by atoms with Crippen LogP contribution in [-0.2, 0) is 13.0 Å². The second-order valence-corrected chi connectivity index (χ2v) is 6.00. The minimum Gasteiger partial charge on any atom is -0.424 e. The number of fused-ring (bicyclic) bond motifs is 1. The van der Waals surface area contributed by atoms with E-state index >= 15 is 0 Å². The lowest BCUT2D eigenvalue weighted by atomic mass is 9.85. The number of rotatable bonds is 3. The van der Waals surface area contributed by atoms with Crippen molar-refractivity contribution in [2.24, 2.45) is 11.8 Å². The van der Waals surface area contributed by atoms with Crippen molar-refractivity contribution in [3.63, 3.8) is 0 Å². The first-order valence-electron chi connectivity index (χ1n) is 6.88. The number of hydrogen-bond donors (Lipinski definition) is 1. The van der Waals surface area contributed by atoms with E-state index in [4.69, 9.17) is 4.42 Å². The highest BCUT2D eigenvalue weighted by molar-refractivity contribution is 5.05. The molecule has 0 bridgehead atoms. The van der Waals surface area contributed by atoms with Gasteiger partial charge in [0.1, 0.15) is 0 Å². The van der Waals surface area contributed by atoms with Crippen LogP contribution >= 0.6 is 0 Å². The predicted molar refractivity (Wildman–Crippen MR) is 68.0 cm³/mol. The summed E-state index contributed by atoms with van der Waals surface area (Å²) in [5, 5.41) is 11.7. The van der Waals surface area contributed by atoms with Gasteiger partial charge in [0.05, 0.1) is 6.54 Å². The lowest BCUT2D eigenvalue weighted by Crippen LogP contribution is -2.43. The third kappa shape index (κ3) is 1.86. The lowest BCUT2D eigenvalue weighted by molar-refractivity contribution is 0.120. The average Bonchev–Trinajstić information content (AvgIpc) is 3.00. The Morgan fingerprint density at radius 3 is 2.78 bits per heavy atom. The van der Waals surface area contributed by atoms with Crippen molar-refractivity contribution >= 4 is 0 Å². The van der Waals surface area contributed by atoms with Gasteiger partial charge in [0.2, 0.25) is 11.8 Å². The molecule has 0 spiro atoms. The Bertz CT molecular complexity index is 428. The van der Waals surface area contributed by atoms with Crippen molar-refractivity contribution < 1.29 is 4.42 Å². The summed E-state index contributed by atoms with van der Waals surface area (Å²) in [4.78, 5) is 2.50. The van der Waals surface area contributed by atoms with E-state index in [-0.39, 0.29) is 5.54 Å². The van der Waals surface area contributed by atoms with Crippen molar-refractivity contribution in [1.29, 1.82) is 0 Å². The summed E-state index contributed by atoms with van der Waals surface area (Å²) in [6, 6.07) is 0. The maximum Gasteiger partial charge on any atom is 0.230 e. The van der Waals surface area contributed by atoms with Crippen molar-refractivity contribution in [2.45, 2.75) is 39.3 Å². The maximum absolute atomic E-state index is 5.63. The molecule has 18 heavy (non-hydrogen) atoms. The minimum absolute atomic E-state index is 0.217. The van der Waals surface area contributed by atoms with Crippen LogP contribution < -0.4 is 5.32 Å². The van der Waals surface area contributed by atoms with Gasteiger partial charge in [-0.25, -0.2) is 0 Å². The molecule has 0 radical (unpaired) electrons. The highest BCUT2D eigenvalue weighted by Crippen LogP contribution is 2.41. The van der Waals surface area contributed by atoms with Crippen molar-refractivity contribution in [3.8, 4) is 0 Å². The molecule has 0 aromatic carbocycles. The van der Waals surface area contributed by atoms with E-state index in [1.54, 1.807) is 0 Å². The molecule has 2 fully saturated rings. The summed E-state index contributed by atoms with van der Waals surface area (Å²) >= 11 is 0. The standard InChI is InChI=1S/C13H22N4O/c1-4-11-15-16-12(18-11)8-17-7-9-5-14-6-10(9)13(17,2)3/h9-10,14H,4-8H2,1-3H3. The van der Waals surface area contributed by atoms with Crippen LogP contribution in [0.4, 0.5) is 0 Å². The molecule has 3 heterocycles. The molecule has 2 aliphatic heterocycles. The Morgan fingerprint density at radius 2 is 2.11 bits per heavy atom. The molecule has 100 valence electrons. The zero-order valence-corrected chi connectivity index (χ0v) is 11.4. The number of hydrogen-bond acceptors (Lipinski definition) is 5. The van der Waals surface area contributed by atoms with E-state index in [1.165, 1.54) is 0 Å². The second-order valence-electron chi connectivity index (χ2n) is 6.00. The smallest absolute Gasteiger partial charge is 0.230 e. The first-order chi connectivity index (χ1) is 8.61. The molecule has 5 heteroatoms. The second kappa shape index (κ2) is 4.31. The number of nitrogens with zero attached hydrogens (tertiary/aromatic N) is 3. The zero-order chi connectivity index (χ0) is 12.8.